The standard InChI is InChI=1S/C24H21FN2O4/c1-16-7-10-20(13-17(16)2)30-15-23(28)27-26-14-18-8-11-19(12-9-18)31-24(29)21-5-3-4-6-22(21)25/h3-14H,15H2,1-2H3,(H,27,28)/b26-14-. The quantitative estimate of drug-likeness (QED) is 0.269. The molecule has 6 nitrogen and oxygen atoms in total. The minimum Gasteiger partial charge on any atom is -0.484 e. The molecule has 0 aliphatic heterocycles. The third-order valence-electron chi connectivity index (χ3n) is 4.44. The largest absolute Gasteiger partial charge is 0.484 e. The number of hydrazone groups is 1. The Kier molecular flexibility index (Phi) is 7.11. The van der Waals surface area contributed by atoms with Crippen LogP contribution in [0.4, 0.5) is 4.39 Å². The van der Waals surface area contributed by atoms with Crippen molar-refractivity contribution in [3.8, 4) is 11.5 Å². The van der Waals surface area contributed by atoms with E-state index in [2.05, 4.69) is 10.5 Å². The monoisotopic (exact) mass is 420 g/mol. The van der Waals surface area contributed by atoms with Gasteiger partial charge in [0.2, 0.25) is 0 Å². The molecule has 0 atom stereocenters. The third kappa shape index (κ3) is 6.24. The van der Waals surface area contributed by atoms with Crippen LogP contribution in [0.2, 0.25) is 0 Å². The number of nitrogens with one attached hydrogen (secondary N) is 1. The number of hydrogen-bond donors (Lipinski definition) is 1. The van der Waals surface area contributed by atoms with E-state index in [-0.39, 0.29) is 17.9 Å². The Morgan fingerprint density at radius 1 is 0.968 bits per heavy atom. The van der Waals surface area contributed by atoms with Gasteiger partial charge in [0, 0.05) is 0 Å². The lowest BCUT2D eigenvalue weighted by Gasteiger charge is -2.07. The first-order valence-electron chi connectivity index (χ1n) is 9.51. The highest BCUT2D eigenvalue weighted by Gasteiger charge is 2.13. The number of esters is 1. The molecule has 158 valence electrons. The van der Waals surface area contributed by atoms with E-state index in [1.165, 1.54) is 24.4 Å². The van der Waals surface area contributed by atoms with Gasteiger partial charge in [-0.1, -0.05) is 18.2 Å². The van der Waals surface area contributed by atoms with Crippen LogP contribution in [0.25, 0.3) is 0 Å². The van der Waals surface area contributed by atoms with Crippen LogP contribution in [0.5, 0.6) is 11.5 Å². The first-order valence-corrected chi connectivity index (χ1v) is 9.51. The topological polar surface area (TPSA) is 77.0 Å². The molecule has 0 fully saturated rings. The van der Waals surface area contributed by atoms with Gasteiger partial charge in [-0.2, -0.15) is 5.10 Å². The molecule has 0 saturated carbocycles. The number of rotatable bonds is 7. The van der Waals surface area contributed by atoms with Crippen LogP contribution in [0.15, 0.2) is 71.8 Å². The zero-order chi connectivity index (χ0) is 22.2. The number of carbonyl (C=O) groups excluding carboxylic acids is 2. The summed E-state index contributed by atoms with van der Waals surface area (Å²) < 4.78 is 24.2. The van der Waals surface area contributed by atoms with Gasteiger partial charge in [0.25, 0.3) is 5.91 Å². The van der Waals surface area contributed by atoms with Crippen molar-refractivity contribution >= 4 is 18.1 Å². The van der Waals surface area contributed by atoms with Crippen molar-refractivity contribution in [2.45, 2.75) is 13.8 Å². The van der Waals surface area contributed by atoms with E-state index in [0.29, 0.717) is 11.3 Å². The van der Waals surface area contributed by atoms with Gasteiger partial charge in [-0.15, -0.1) is 0 Å². The minimum atomic E-state index is -0.782. The van der Waals surface area contributed by atoms with E-state index < -0.39 is 17.7 Å². The highest BCUT2D eigenvalue weighted by Crippen LogP contribution is 2.17. The van der Waals surface area contributed by atoms with Crippen molar-refractivity contribution < 1.29 is 23.5 Å². The molecule has 0 spiro atoms. The fourth-order valence-corrected chi connectivity index (χ4v) is 2.57. The Morgan fingerprint density at radius 3 is 2.39 bits per heavy atom. The lowest BCUT2D eigenvalue weighted by molar-refractivity contribution is -0.123. The van der Waals surface area contributed by atoms with Crippen LogP contribution in [-0.2, 0) is 4.79 Å². The number of halogens is 1. The summed E-state index contributed by atoms with van der Waals surface area (Å²) in [5.41, 5.74) is 5.14. The number of ether oxygens (including phenoxy) is 2. The summed E-state index contributed by atoms with van der Waals surface area (Å²) in [6.45, 7) is 3.81. The molecule has 0 aliphatic rings. The molecule has 0 heterocycles. The summed E-state index contributed by atoms with van der Waals surface area (Å²) in [4.78, 5) is 23.9. The van der Waals surface area contributed by atoms with E-state index >= 15 is 0 Å². The smallest absolute Gasteiger partial charge is 0.346 e. The predicted octanol–water partition coefficient (Wildman–Crippen LogP) is 4.19. The van der Waals surface area contributed by atoms with Crippen LogP contribution >= 0.6 is 0 Å². The van der Waals surface area contributed by atoms with Gasteiger partial charge in [-0.3, -0.25) is 4.79 Å². The normalized spacial score (nSPS) is 10.7. The van der Waals surface area contributed by atoms with Gasteiger partial charge in [0.1, 0.15) is 17.3 Å². The molecule has 0 radical (unpaired) electrons. The summed E-state index contributed by atoms with van der Waals surface area (Å²) in [7, 11) is 0. The number of hydrogen-bond acceptors (Lipinski definition) is 5. The van der Waals surface area contributed by atoms with Crippen molar-refractivity contribution in [1.82, 2.24) is 5.43 Å². The van der Waals surface area contributed by atoms with Crippen LogP contribution in [0.3, 0.4) is 0 Å². The van der Waals surface area contributed by atoms with Crippen LogP contribution in [0, 0.1) is 19.7 Å². The van der Waals surface area contributed by atoms with E-state index in [1.54, 1.807) is 36.4 Å². The zero-order valence-corrected chi connectivity index (χ0v) is 17.1. The Bertz CT molecular complexity index is 1110. The van der Waals surface area contributed by atoms with Gasteiger partial charge in [0.05, 0.1) is 11.8 Å². The Morgan fingerprint density at radius 2 is 1.68 bits per heavy atom. The van der Waals surface area contributed by atoms with Crippen LogP contribution < -0.4 is 14.9 Å². The Hall–Kier alpha value is -4.00. The molecule has 0 aromatic heterocycles. The van der Waals surface area contributed by atoms with Crippen molar-refractivity contribution in [3.63, 3.8) is 0 Å². The lowest BCUT2D eigenvalue weighted by atomic mass is 10.1. The van der Waals surface area contributed by atoms with Crippen molar-refractivity contribution in [3.05, 3.63) is 94.8 Å². The number of nitrogens with zero attached hydrogens (tertiary/aromatic N) is 1. The summed E-state index contributed by atoms with van der Waals surface area (Å²) in [6, 6.07) is 17.6. The molecule has 3 rings (SSSR count). The van der Waals surface area contributed by atoms with Crippen LogP contribution in [0.1, 0.15) is 27.0 Å². The maximum Gasteiger partial charge on any atom is 0.346 e. The number of carbonyl (C=O) groups is 2. The maximum atomic E-state index is 13.6. The SMILES string of the molecule is Cc1ccc(OCC(=O)N/N=C\c2ccc(OC(=O)c3ccccc3F)cc2)cc1C. The summed E-state index contributed by atoms with van der Waals surface area (Å²) in [5, 5.41) is 3.87. The van der Waals surface area contributed by atoms with Gasteiger partial charge >= 0.3 is 5.97 Å². The maximum absolute atomic E-state index is 13.6. The highest BCUT2D eigenvalue weighted by molar-refractivity contribution is 5.91. The minimum absolute atomic E-state index is 0.140. The molecule has 31 heavy (non-hydrogen) atoms. The van der Waals surface area contributed by atoms with Gasteiger partial charge < -0.3 is 9.47 Å². The Labute approximate surface area is 179 Å². The van der Waals surface area contributed by atoms with Crippen molar-refractivity contribution in [2.24, 2.45) is 5.10 Å². The molecule has 7 heteroatoms. The molecule has 1 amide bonds. The molecule has 1 N–H and O–H groups in total. The van der Waals surface area contributed by atoms with Crippen LogP contribution in [-0.4, -0.2) is 24.7 Å². The van der Waals surface area contributed by atoms with E-state index in [9.17, 15) is 14.0 Å². The van der Waals surface area contributed by atoms with E-state index in [1.807, 2.05) is 26.0 Å². The number of aryl methyl sites for hydroxylation is 2. The summed E-state index contributed by atoms with van der Waals surface area (Å²) >= 11 is 0. The van der Waals surface area contributed by atoms with Crippen molar-refractivity contribution in [2.75, 3.05) is 6.61 Å². The molecular weight excluding hydrogens is 399 g/mol. The predicted molar refractivity (Wildman–Crippen MR) is 115 cm³/mol. The average Bonchev–Trinajstić information content (AvgIpc) is 2.76. The second-order valence-electron chi connectivity index (χ2n) is 6.77. The second-order valence-corrected chi connectivity index (χ2v) is 6.77. The summed E-state index contributed by atoms with van der Waals surface area (Å²) in [6.07, 6.45) is 1.44. The zero-order valence-electron chi connectivity index (χ0n) is 17.1. The van der Waals surface area contributed by atoms with Gasteiger partial charge in [-0.05, 0) is 79.1 Å². The number of benzene rings is 3. The van der Waals surface area contributed by atoms with E-state index in [0.717, 1.165) is 11.1 Å². The molecule has 0 aliphatic carbocycles. The Balaban J connectivity index is 1.47. The fraction of sp³-hybridized carbons (Fsp3) is 0.125. The molecule has 3 aromatic rings. The fourth-order valence-electron chi connectivity index (χ4n) is 2.57. The molecule has 3 aromatic carbocycles. The first-order chi connectivity index (χ1) is 14.9. The van der Waals surface area contributed by atoms with E-state index in [4.69, 9.17) is 9.47 Å². The average molecular weight is 420 g/mol. The van der Waals surface area contributed by atoms with Gasteiger partial charge in [0.15, 0.2) is 6.61 Å². The molecule has 0 unspecified atom stereocenters. The number of amides is 1. The third-order valence-corrected chi connectivity index (χ3v) is 4.44. The molecular formula is C24H21FN2O4. The highest BCUT2D eigenvalue weighted by atomic mass is 19.1. The lowest BCUT2D eigenvalue weighted by Crippen LogP contribution is -2.24. The molecule has 0 bridgehead atoms. The molecule has 0 saturated heterocycles. The van der Waals surface area contributed by atoms with Gasteiger partial charge in [-0.25, -0.2) is 14.6 Å². The second kappa shape index (κ2) is 10.2. The van der Waals surface area contributed by atoms with Crippen molar-refractivity contribution in [1.29, 1.82) is 0 Å². The first kappa shape index (κ1) is 21.7. The summed E-state index contributed by atoms with van der Waals surface area (Å²) in [5.74, 6) is -0.951.